The number of piperidine rings is 1. The van der Waals surface area contributed by atoms with E-state index in [0.29, 0.717) is 17.0 Å². The maximum Gasteiger partial charge on any atom is 0.263 e. The van der Waals surface area contributed by atoms with Gasteiger partial charge in [-0.3, -0.25) is 19.8 Å². The molecule has 3 aromatic rings. The highest BCUT2D eigenvalue weighted by molar-refractivity contribution is 5.73. The van der Waals surface area contributed by atoms with Crippen LogP contribution in [0.3, 0.4) is 0 Å². The average molecular weight is 364 g/mol. The van der Waals surface area contributed by atoms with Crippen LogP contribution in [0, 0.1) is 0 Å². The fourth-order valence-corrected chi connectivity index (χ4v) is 4.75. The Bertz CT molecular complexity index is 980. The highest BCUT2D eigenvalue weighted by atomic mass is 16.1. The van der Waals surface area contributed by atoms with Crippen molar-refractivity contribution >= 4 is 17.0 Å². The van der Waals surface area contributed by atoms with Gasteiger partial charge in [-0.15, -0.1) is 0 Å². The normalized spacial score (nSPS) is 20.4. The van der Waals surface area contributed by atoms with Gasteiger partial charge in [-0.1, -0.05) is 30.3 Å². The number of fused-ring (bicyclic) bond motifs is 1. The molecule has 7 heteroatoms. The first-order valence-corrected chi connectivity index (χ1v) is 9.75. The molecule has 0 radical (unpaired) electrons. The third-order valence-electron chi connectivity index (χ3n) is 6.22. The third kappa shape index (κ3) is 2.73. The summed E-state index contributed by atoms with van der Waals surface area (Å²) in [6.07, 6.45) is 6.14. The smallest absolute Gasteiger partial charge is 0.263 e. The number of nitrogens with zero attached hydrogens (tertiary/aromatic N) is 4. The predicted octanol–water partition coefficient (Wildman–Crippen LogP) is 2.24. The molecule has 0 saturated carbocycles. The van der Waals surface area contributed by atoms with Crippen LogP contribution in [0.4, 0.5) is 5.95 Å². The van der Waals surface area contributed by atoms with Crippen LogP contribution in [-0.2, 0) is 5.54 Å². The molecule has 2 aromatic heterocycles. The summed E-state index contributed by atoms with van der Waals surface area (Å²) in [5.74, 6) is 0.639. The molecule has 5 rings (SSSR count). The van der Waals surface area contributed by atoms with E-state index in [4.69, 9.17) is 0 Å². The first kappa shape index (κ1) is 16.5. The van der Waals surface area contributed by atoms with Crippen molar-refractivity contribution in [2.24, 2.45) is 0 Å². The van der Waals surface area contributed by atoms with Crippen LogP contribution in [0.5, 0.6) is 0 Å². The summed E-state index contributed by atoms with van der Waals surface area (Å²) in [6, 6.07) is 10.9. The van der Waals surface area contributed by atoms with Gasteiger partial charge in [0.25, 0.3) is 5.56 Å². The molecular formula is C20H24N6O. The molecule has 27 heavy (non-hydrogen) atoms. The van der Waals surface area contributed by atoms with Gasteiger partial charge in [-0.2, -0.15) is 10.1 Å². The van der Waals surface area contributed by atoms with Crippen molar-refractivity contribution in [3.8, 4) is 0 Å². The summed E-state index contributed by atoms with van der Waals surface area (Å²) in [6.45, 7) is 4.08. The van der Waals surface area contributed by atoms with Gasteiger partial charge in [0, 0.05) is 18.6 Å². The topological polar surface area (TPSA) is 80.9 Å². The lowest BCUT2D eigenvalue weighted by atomic mass is 9.79. The summed E-state index contributed by atoms with van der Waals surface area (Å²) >= 11 is 0. The second kappa shape index (κ2) is 6.49. The third-order valence-corrected chi connectivity index (χ3v) is 6.22. The number of nitrogens with one attached hydrogen (secondary N) is 2. The van der Waals surface area contributed by atoms with E-state index < -0.39 is 0 Å². The van der Waals surface area contributed by atoms with Gasteiger partial charge in [0.15, 0.2) is 5.65 Å². The molecule has 0 unspecified atom stereocenters. The van der Waals surface area contributed by atoms with E-state index in [-0.39, 0.29) is 11.1 Å². The Morgan fingerprint density at radius 2 is 1.74 bits per heavy atom. The van der Waals surface area contributed by atoms with Gasteiger partial charge in [0.2, 0.25) is 5.95 Å². The van der Waals surface area contributed by atoms with E-state index in [1.807, 2.05) is 0 Å². The van der Waals surface area contributed by atoms with Crippen molar-refractivity contribution < 1.29 is 0 Å². The molecule has 4 heterocycles. The van der Waals surface area contributed by atoms with Gasteiger partial charge < -0.3 is 4.90 Å². The van der Waals surface area contributed by atoms with E-state index in [2.05, 4.69) is 60.3 Å². The van der Waals surface area contributed by atoms with Gasteiger partial charge in [-0.25, -0.2) is 0 Å². The lowest BCUT2D eigenvalue weighted by Gasteiger charge is -2.48. The fourth-order valence-electron chi connectivity index (χ4n) is 4.75. The molecule has 1 aromatic carbocycles. The molecule has 2 N–H and O–H groups in total. The van der Waals surface area contributed by atoms with E-state index >= 15 is 0 Å². The van der Waals surface area contributed by atoms with Crippen LogP contribution >= 0.6 is 0 Å². The molecule has 140 valence electrons. The molecule has 0 aliphatic carbocycles. The second-order valence-electron chi connectivity index (χ2n) is 7.60. The quantitative estimate of drug-likeness (QED) is 0.745. The number of anilines is 1. The van der Waals surface area contributed by atoms with Crippen LogP contribution in [0.1, 0.15) is 31.2 Å². The van der Waals surface area contributed by atoms with Crippen LogP contribution in [0.15, 0.2) is 41.3 Å². The number of likely N-dealkylation sites (tertiary alicyclic amines) is 1. The monoisotopic (exact) mass is 364 g/mol. The van der Waals surface area contributed by atoms with Crippen LogP contribution in [0.25, 0.3) is 11.0 Å². The Morgan fingerprint density at radius 3 is 2.48 bits per heavy atom. The Labute approximate surface area is 157 Å². The Balaban J connectivity index is 1.44. The lowest BCUT2D eigenvalue weighted by molar-refractivity contribution is 0.0845. The van der Waals surface area contributed by atoms with Crippen LogP contribution < -0.4 is 10.5 Å². The minimum Gasteiger partial charge on any atom is -0.342 e. The number of benzene rings is 1. The van der Waals surface area contributed by atoms with Crippen molar-refractivity contribution in [3.05, 3.63) is 52.4 Å². The van der Waals surface area contributed by atoms with Crippen molar-refractivity contribution in [1.29, 1.82) is 0 Å². The minimum absolute atomic E-state index is 0.0899. The fraction of sp³-hybridized carbons (Fsp3) is 0.450. The molecule has 0 bridgehead atoms. The number of H-pyrrole nitrogens is 2. The van der Waals surface area contributed by atoms with E-state index in [9.17, 15) is 4.79 Å². The van der Waals surface area contributed by atoms with Crippen molar-refractivity contribution in [3.63, 3.8) is 0 Å². The zero-order valence-corrected chi connectivity index (χ0v) is 15.3. The maximum absolute atomic E-state index is 12.3. The highest BCUT2D eigenvalue weighted by Gasteiger charge is 2.42. The number of aromatic nitrogens is 4. The molecule has 0 amide bonds. The Morgan fingerprint density at radius 1 is 1.00 bits per heavy atom. The van der Waals surface area contributed by atoms with Crippen LogP contribution in [-0.4, -0.2) is 51.2 Å². The number of hydrogen-bond donors (Lipinski definition) is 2. The summed E-state index contributed by atoms with van der Waals surface area (Å²) < 4.78 is 0. The summed E-state index contributed by atoms with van der Waals surface area (Å²) in [5, 5.41) is 7.25. The first-order valence-electron chi connectivity index (χ1n) is 9.75. The van der Waals surface area contributed by atoms with Gasteiger partial charge >= 0.3 is 0 Å². The van der Waals surface area contributed by atoms with Crippen LogP contribution in [0.2, 0.25) is 0 Å². The molecular weight excluding hydrogens is 340 g/mol. The molecule has 2 aliphatic heterocycles. The van der Waals surface area contributed by atoms with E-state index in [1.54, 1.807) is 0 Å². The molecule has 0 atom stereocenters. The SMILES string of the molecule is O=c1[nH]c(N2CCC(c3ccccc3)(N3CCCC3)CC2)nc2[nH]ncc12. The molecule has 2 aliphatic rings. The summed E-state index contributed by atoms with van der Waals surface area (Å²) in [4.78, 5) is 24.6. The largest absolute Gasteiger partial charge is 0.342 e. The Kier molecular flexibility index (Phi) is 3.97. The zero-order valence-electron chi connectivity index (χ0n) is 15.3. The number of rotatable bonds is 3. The summed E-state index contributed by atoms with van der Waals surface area (Å²) in [7, 11) is 0. The minimum atomic E-state index is -0.136. The lowest BCUT2D eigenvalue weighted by Crippen LogP contribution is -2.52. The first-order chi connectivity index (χ1) is 13.3. The average Bonchev–Trinajstić information content (AvgIpc) is 3.41. The highest BCUT2D eigenvalue weighted by Crippen LogP contribution is 2.41. The second-order valence-corrected chi connectivity index (χ2v) is 7.60. The standard InChI is InChI=1S/C20H24N6O/c27-18-16-14-21-24-17(16)22-19(23-18)25-12-8-20(9-13-25,26-10-4-5-11-26)15-6-2-1-3-7-15/h1-3,6-7,14H,4-5,8-13H2,(H2,21,22,23,24,27). The van der Waals surface area contributed by atoms with E-state index in [1.165, 1.54) is 37.7 Å². The van der Waals surface area contributed by atoms with Gasteiger partial charge in [0.1, 0.15) is 5.39 Å². The van der Waals surface area contributed by atoms with E-state index in [0.717, 1.165) is 25.9 Å². The Hall–Kier alpha value is -2.67. The predicted molar refractivity (Wildman–Crippen MR) is 105 cm³/mol. The summed E-state index contributed by atoms with van der Waals surface area (Å²) in [5.41, 5.74) is 1.92. The van der Waals surface area contributed by atoms with Crippen molar-refractivity contribution in [1.82, 2.24) is 25.1 Å². The molecule has 2 fully saturated rings. The maximum atomic E-state index is 12.3. The molecule has 0 spiro atoms. The zero-order chi connectivity index (χ0) is 18.3. The molecule has 7 nitrogen and oxygen atoms in total. The van der Waals surface area contributed by atoms with Crippen molar-refractivity contribution in [2.75, 3.05) is 31.1 Å². The van der Waals surface area contributed by atoms with Gasteiger partial charge in [-0.05, 0) is 44.3 Å². The van der Waals surface area contributed by atoms with Gasteiger partial charge in [0.05, 0.1) is 6.20 Å². The number of hydrogen-bond acceptors (Lipinski definition) is 5. The molecule has 2 saturated heterocycles. The van der Waals surface area contributed by atoms with Crippen molar-refractivity contribution in [2.45, 2.75) is 31.2 Å². The number of aromatic amines is 2.